The highest BCUT2D eigenvalue weighted by molar-refractivity contribution is 5.94. The summed E-state index contributed by atoms with van der Waals surface area (Å²) in [6.07, 6.45) is 5.37. The Kier molecular flexibility index (Phi) is 4.55. The number of guanidine groups is 1. The van der Waals surface area contributed by atoms with E-state index >= 15 is 0 Å². The molecule has 0 fully saturated rings. The molecule has 0 spiro atoms. The van der Waals surface area contributed by atoms with Crippen molar-refractivity contribution in [3.63, 3.8) is 0 Å². The normalized spacial score (nSPS) is 16.8. The maximum absolute atomic E-state index is 5.13. The summed E-state index contributed by atoms with van der Waals surface area (Å²) in [5.74, 6) is 1.55. The molecule has 20 heavy (non-hydrogen) atoms. The van der Waals surface area contributed by atoms with Gasteiger partial charge in [-0.3, -0.25) is 9.89 Å². The third-order valence-electron chi connectivity index (χ3n) is 2.83. The number of aliphatic imine (C=N–C) groups is 2. The third kappa shape index (κ3) is 3.26. The van der Waals surface area contributed by atoms with E-state index in [4.69, 9.17) is 4.74 Å². The number of nitrogens with one attached hydrogen (secondary N) is 1. The van der Waals surface area contributed by atoms with Crippen LogP contribution in [-0.4, -0.2) is 31.4 Å². The second-order valence-corrected chi connectivity index (χ2v) is 4.20. The van der Waals surface area contributed by atoms with E-state index in [-0.39, 0.29) is 0 Å². The van der Waals surface area contributed by atoms with E-state index < -0.39 is 0 Å². The van der Waals surface area contributed by atoms with Crippen molar-refractivity contribution in [3.05, 3.63) is 54.4 Å². The number of ether oxygens (including phenoxy) is 1. The van der Waals surface area contributed by atoms with Crippen LogP contribution in [0.1, 0.15) is 5.56 Å². The number of hydrogen-bond donors (Lipinski definition) is 1. The van der Waals surface area contributed by atoms with Crippen LogP contribution >= 0.6 is 0 Å². The minimum Gasteiger partial charge on any atom is -0.497 e. The Morgan fingerprint density at radius 3 is 2.75 bits per heavy atom. The predicted octanol–water partition coefficient (Wildman–Crippen LogP) is 2.14. The summed E-state index contributed by atoms with van der Waals surface area (Å²) in [5, 5.41) is 3.10. The molecule has 1 aromatic rings. The second kappa shape index (κ2) is 6.56. The summed E-state index contributed by atoms with van der Waals surface area (Å²) in [4.78, 5) is 10.4. The smallest absolute Gasteiger partial charge is 0.208 e. The Balaban J connectivity index is 2.12. The summed E-state index contributed by atoms with van der Waals surface area (Å²) in [6, 6.07) is 7.84. The summed E-state index contributed by atoms with van der Waals surface area (Å²) >= 11 is 0. The van der Waals surface area contributed by atoms with Crippen LogP contribution in [0.2, 0.25) is 0 Å². The van der Waals surface area contributed by atoms with Gasteiger partial charge in [0.1, 0.15) is 5.75 Å². The van der Waals surface area contributed by atoms with Crippen molar-refractivity contribution >= 4 is 12.3 Å². The lowest BCUT2D eigenvalue weighted by Crippen LogP contribution is -2.39. The highest BCUT2D eigenvalue weighted by atomic mass is 16.5. The molecule has 0 saturated heterocycles. The van der Waals surface area contributed by atoms with E-state index in [9.17, 15) is 0 Å². The molecule has 0 saturated carbocycles. The quantitative estimate of drug-likeness (QED) is 0.673. The molecule has 5 nitrogen and oxygen atoms in total. The van der Waals surface area contributed by atoms with Gasteiger partial charge in [-0.15, -0.1) is 0 Å². The molecule has 0 amide bonds. The van der Waals surface area contributed by atoms with Crippen LogP contribution in [0, 0.1) is 0 Å². The Labute approximate surface area is 119 Å². The van der Waals surface area contributed by atoms with Gasteiger partial charge in [0.15, 0.2) is 0 Å². The Morgan fingerprint density at radius 1 is 1.35 bits per heavy atom. The van der Waals surface area contributed by atoms with Gasteiger partial charge in [-0.05, 0) is 23.8 Å². The summed E-state index contributed by atoms with van der Waals surface area (Å²) in [6.45, 7) is 4.52. The molecule has 0 aromatic heterocycles. The van der Waals surface area contributed by atoms with Crippen LogP contribution in [0.25, 0.3) is 0 Å². The lowest BCUT2D eigenvalue weighted by molar-refractivity contribution is 0.414. The van der Waals surface area contributed by atoms with E-state index in [0.29, 0.717) is 12.5 Å². The van der Waals surface area contributed by atoms with Crippen molar-refractivity contribution in [1.82, 2.24) is 10.2 Å². The van der Waals surface area contributed by atoms with Gasteiger partial charge in [0.05, 0.1) is 20.0 Å². The first-order valence-corrected chi connectivity index (χ1v) is 6.25. The van der Waals surface area contributed by atoms with Crippen molar-refractivity contribution in [2.75, 3.05) is 14.2 Å². The molecule has 104 valence electrons. The van der Waals surface area contributed by atoms with Crippen LogP contribution in [0.15, 0.2) is 58.8 Å². The predicted molar refractivity (Wildman–Crippen MR) is 81.8 cm³/mol. The maximum atomic E-state index is 5.13. The molecule has 2 rings (SSSR count). The van der Waals surface area contributed by atoms with Crippen LogP contribution < -0.4 is 10.1 Å². The van der Waals surface area contributed by atoms with E-state index in [0.717, 1.165) is 17.0 Å². The van der Waals surface area contributed by atoms with E-state index in [1.165, 1.54) is 0 Å². The van der Waals surface area contributed by atoms with E-state index in [2.05, 4.69) is 21.9 Å². The van der Waals surface area contributed by atoms with Crippen molar-refractivity contribution in [3.8, 4) is 5.75 Å². The molecule has 1 heterocycles. The summed E-state index contributed by atoms with van der Waals surface area (Å²) in [7, 11) is 3.37. The molecular weight excluding hydrogens is 252 g/mol. The first-order valence-electron chi connectivity index (χ1n) is 6.25. The molecule has 0 bridgehead atoms. The first kappa shape index (κ1) is 13.9. The van der Waals surface area contributed by atoms with Crippen LogP contribution in [0.5, 0.6) is 5.75 Å². The second-order valence-electron chi connectivity index (χ2n) is 4.20. The Morgan fingerprint density at radius 2 is 2.10 bits per heavy atom. The fraction of sp³-hybridized carbons (Fsp3) is 0.200. The zero-order valence-corrected chi connectivity index (χ0v) is 11.7. The van der Waals surface area contributed by atoms with Crippen molar-refractivity contribution < 1.29 is 4.74 Å². The molecule has 1 aromatic carbocycles. The fourth-order valence-corrected chi connectivity index (χ4v) is 1.76. The largest absolute Gasteiger partial charge is 0.497 e. The molecule has 1 aliphatic rings. The van der Waals surface area contributed by atoms with E-state index in [1.807, 2.05) is 41.4 Å². The molecule has 0 unspecified atom stereocenters. The number of nitrogens with zero attached hydrogens (tertiary/aromatic N) is 3. The molecule has 0 aliphatic carbocycles. The fourth-order valence-electron chi connectivity index (χ4n) is 1.76. The van der Waals surface area contributed by atoms with Crippen LogP contribution in [0.4, 0.5) is 0 Å². The standard InChI is InChI=1S/C15H18N4O/c1-12-8-9-17-15(19(12)11-16-2)18-10-13-4-6-14(20-3)7-5-13/h4-9,11H,1,10H2,2-3H3,(H,17,18). The Bertz CT molecular complexity index is 558. The lowest BCUT2D eigenvalue weighted by atomic mass is 10.2. The third-order valence-corrected chi connectivity index (χ3v) is 2.83. The monoisotopic (exact) mass is 270 g/mol. The average molecular weight is 270 g/mol. The SMILES string of the molecule is C=C1C=CNC(=NCc2ccc(OC)cc2)N1C=NC. The lowest BCUT2D eigenvalue weighted by Gasteiger charge is -2.25. The van der Waals surface area contributed by atoms with Gasteiger partial charge in [-0.2, -0.15) is 0 Å². The zero-order chi connectivity index (χ0) is 14.4. The van der Waals surface area contributed by atoms with Crippen LogP contribution in [0.3, 0.4) is 0 Å². The number of benzene rings is 1. The van der Waals surface area contributed by atoms with Crippen molar-refractivity contribution in [2.45, 2.75) is 6.54 Å². The molecule has 0 atom stereocenters. The molecule has 1 N–H and O–H groups in total. The van der Waals surface area contributed by atoms with Gasteiger partial charge in [0.25, 0.3) is 0 Å². The molecule has 0 radical (unpaired) electrons. The van der Waals surface area contributed by atoms with Crippen molar-refractivity contribution in [1.29, 1.82) is 0 Å². The number of hydrogen-bond acceptors (Lipinski definition) is 3. The summed E-state index contributed by atoms with van der Waals surface area (Å²) < 4.78 is 5.13. The highest BCUT2D eigenvalue weighted by Gasteiger charge is 2.13. The molecule has 1 aliphatic heterocycles. The van der Waals surface area contributed by atoms with Gasteiger partial charge in [-0.1, -0.05) is 18.7 Å². The number of methoxy groups -OCH3 is 1. The molecular formula is C15H18N4O. The van der Waals surface area contributed by atoms with E-state index in [1.54, 1.807) is 20.5 Å². The Hall–Kier alpha value is -2.56. The van der Waals surface area contributed by atoms with Crippen molar-refractivity contribution in [2.24, 2.45) is 9.98 Å². The van der Waals surface area contributed by atoms with Gasteiger partial charge < -0.3 is 10.1 Å². The van der Waals surface area contributed by atoms with Gasteiger partial charge in [0.2, 0.25) is 5.96 Å². The number of allylic oxidation sites excluding steroid dienone is 1. The molecule has 5 heteroatoms. The zero-order valence-electron chi connectivity index (χ0n) is 11.7. The average Bonchev–Trinajstić information content (AvgIpc) is 2.48. The highest BCUT2D eigenvalue weighted by Crippen LogP contribution is 2.13. The van der Waals surface area contributed by atoms with Crippen LogP contribution in [-0.2, 0) is 6.54 Å². The van der Waals surface area contributed by atoms with Gasteiger partial charge >= 0.3 is 0 Å². The minimum atomic E-state index is 0.571. The maximum Gasteiger partial charge on any atom is 0.208 e. The van der Waals surface area contributed by atoms with Gasteiger partial charge in [-0.25, -0.2) is 4.99 Å². The topological polar surface area (TPSA) is 49.2 Å². The van der Waals surface area contributed by atoms with Gasteiger partial charge in [0, 0.05) is 18.9 Å². The minimum absolute atomic E-state index is 0.571. The summed E-state index contributed by atoms with van der Waals surface area (Å²) in [5.41, 5.74) is 1.93. The first-order chi connectivity index (χ1) is 9.74. The number of rotatable bonds is 4.